The Morgan fingerprint density at radius 1 is 1.19 bits per heavy atom. The molecule has 0 radical (unpaired) electrons. The Labute approximate surface area is 126 Å². The van der Waals surface area contributed by atoms with Crippen molar-refractivity contribution in [2.75, 3.05) is 20.2 Å². The van der Waals surface area contributed by atoms with Gasteiger partial charge in [0.15, 0.2) is 0 Å². The molecule has 3 rings (SSSR count). The Bertz CT molecular complexity index is 523. The fraction of sp³-hybridized carbons (Fsp3) is 0.444. The van der Waals surface area contributed by atoms with Crippen molar-refractivity contribution in [1.82, 2.24) is 4.90 Å². The number of furan rings is 1. The van der Waals surface area contributed by atoms with E-state index in [1.165, 1.54) is 11.1 Å². The minimum atomic E-state index is 0.366. The van der Waals surface area contributed by atoms with Gasteiger partial charge in [-0.25, -0.2) is 0 Å². The zero-order chi connectivity index (χ0) is 14.5. The minimum absolute atomic E-state index is 0.366. The monoisotopic (exact) mass is 285 g/mol. The van der Waals surface area contributed by atoms with Crippen molar-refractivity contribution in [2.24, 2.45) is 5.92 Å². The summed E-state index contributed by atoms with van der Waals surface area (Å²) in [6.07, 6.45) is 6.14. The van der Waals surface area contributed by atoms with Crippen LogP contribution >= 0.6 is 0 Å². The van der Waals surface area contributed by atoms with Gasteiger partial charge in [-0.3, -0.25) is 4.90 Å². The summed E-state index contributed by atoms with van der Waals surface area (Å²) in [5, 5.41) is 0. The van der Waals surface area contributed by atoms with E-state index in [0.29, 0.717) is 12.0 Å². The van der Waals surface area contributed by atoms with E-state index in [1.54, 1.807) is 6.26 Å². The Morgan fingerprint density at radius 2 is 2.05 bits per heavy atom. The van der Waals surface area contributed by atoms with Crippen molar-refractivity contribution in [3.05, 3.63) is 60.1 Å². The van der Waals surface area contributed by atoms with Crippen LogP contribution < -0.4 is 0 Å². The molecule has 2 heterocycles. The summed E-state index contributed by atoms with van der Waals surface area (Å²) in [4.78, 5) is 2.51. The van der Waals surface area contributed by atoms with Gasteiger partial charge < -0.3 is 9.15 Å². The van der Waals surface area contributed by atoms with E-state index in [1.807, 2.05) is 13.4 Å². The highest BCUT2D eigenvalue weighted by Gasteiger charge is 2.29. The summed E-state index contributed by atoms with van der Waals surface area (Å²) in [5.74, 6) is 0.554. The highest BCUT2D eigenvalue weighted by atomic mass is 16.5. The van der Waals surface area contributed by atoms with Gasteiger partial charge in [0.05, 0.1) is 18.6 Å². The predicted octanol–water partition coefficient (Wildman–Crippen LogP) is 3.36. The van der Waals surface area contributed by atoms with Crippen LogP contribution in [-0.2, 0) is 17.7 Å². The van der Waals surface area contributed by atoms with Gasteiger partial charge in [0.1, 0.15) is 0 Å². The van der Waals surface area contributed by atoms with Gasteiger partial charge in [0, 0.05) is 38.2 Å². The molecule has 2 aromatic rings. The SMILES string of the molecule is CO[C@@H]1CCN(Cc2ccoc2)C[C@@H]1Cc1ccccc1. The number of nitrogens with zero attached hydrogens (tertiary/aromatic N) is 1. The van der Waals surface area contributed by atoms with Crippen molar-refractivity contribution in [3.63, 3.8) is 0 Å². The van der Waals surface area contributed by atoms with Crippen LogP contribution in [0.5, 0.6) is 0 Å². The number of likely N-dealkylation sites (tertiary alicyclic amines) is 1. The lowest BCUT2D eigenvalue weighted by molar-refractivity contribution is -0.00851. The molecule has 1 saturated heterocycles. The van der Waals surface area contributed by atoms with Crippen molar-refractivity contribution in [2.45, 2.75) is 25.5 Å². The van der Waals surface area contributed by atoms with Crippen molar-refractivity contribution < 1.29 is 9.15 Å². The molecule has 0 spiro atoms. The molecule has 0 unspecified atom stereocenters. The number of hydrogen-bond donors (Lipinski definition) is 0. The maximum absolute atomic E-state index is 5.71. The lowest BCUT2D eigenvalue weighted by Crippen LogP contribution is -2.44. The number of ether oxygens (including phenoxy) is 1. The molecule has 0 saturated carbocycles. The first-order valence-corrected chi connectivity index (χ1v) is 7.65. The predicted molar refractivity (Wildman–Crippen MR) is 83.0 cm³/mol. The lowest BCUT2D eigenvalue weighted by Gasteiger charge is -2.38. The zero-order valence-electron chi connectivity index (χ0n) is 12.6. The molecule has 2 atom stereocenters. The smallest absolute Gasteiger partial charge is 0.0947 e. The molecule has 0 N–H and O–H groups in total. The van der Waals surface area contributed by atoms with Crippen LogP contribution in [0.1, 0.15) is 17.5 Å². The zero-order valence-corrected chi connectivity index (χ0v) is 12.6. The summed E-state index contributed by atoms with van der Waals surface area (Å²) in [5.41, 5.74) is 2.65. The van der Waals surface area contributed by atoms with Gasteiger partial charge in [0.25, 0.3) is 0 Å². The van der Waals surface area contributed by atoms with Gasteiger partial charge in [-0.2, -0.15) is 0 Å². The molecule has 0 bridgehead atoms. The van der Waals surface area contributed by atoms with Crippen molar-refractivity contribution >= 4 is 0 Å². The van der Waals surface area contributed by atoms with Crippen molar-refractivity contribution in [3.8, 4) is 0 Å². The number of rotatable bonds is 5. The van der Waals surface area contributed by atoms with Crippen LogP contribution in [0.2, 0.25) is 0 Å². The van der Waals surface area contributed by atoms with Gasteiger partial charge >= 0.3 is 0 Å². The maximum Gasteiger partial charge on any atom is 0.0947 e. The summed E-state index contributed by atoms with van der Waals surface area (Å²) >= 11 is 0. The highest BCUT2D eigenvalue weighted by Crippen LogP contribution is 2.24. The molecule has 3 nitrogen and oxygen atoms in total. The molecule has 112 valence electrons. The summed E-state index contributed by atoms with van der Waals surface area (Å²) < 4.78 is 10.9. The molecule has 0 amide bonds. The Hall–Kier alpha value is -1.58. The van der Waals surface area contributed by atoms with Crippen LogP contribution in [0.15, 0.2) is 53.3 Å². The number of hydrogen-bond acceptors (Lipinski definition) is 3. The Morgan fingerprint density at radius 3 is 2.76 bits per heavy atom. The van der Waals surface area contributed by atoms with Gasteiger partial charge in [-0.15, -0.1) is 0 Å². The average molecular weight is 285 g/mol. The van der Waals surface area contributed by atoms with Crippen LogP contribution in [-0.4, -0.2) is 31.2 Å². The molecule has 3 heteroatoms. The first kappa shape index (κ1) is 14.4. The summed E-state index contributed by atoms with van der Waals surface area (Å²) in [7, 11) is 1.84. The number of piperidine rings is 1. The van der Waals surface area contributed by atoms with E-state index < -0.39 is 0 Å². The third-order valence-electron chi connectivity index (χ3n) is 4.38. The van der Waals surface area contributed by atoms with E-state index >= 15 is 0 Å². The second-order valence-electron chi connectivity index (χ2n) is 5.88. The molecule has 1 fully saturated rings. The molecule has 0 aliphatic carbocycles. The first-order chi connectivity index (χ1) is 10.3. The van der Waals surface area contributed by atoms with Gasteiger partial charge in [0.2, 0.25) is 0 Å². The van der Waals surface area contributed by atoms with Crippen LogP contribution in [0.4, 0.5) is 0 Å². The Balaban J connectivity index is 1.64. The first-order valence-electron chi connectivity index (χ1n) is 7.65. The molecule has 1 aromatic carbocycles. The second-order valence-corrected chi connectivity index (χ2v) is 5.88. The quantitative estimate of drug-likeness (QED) is 0.842. The van der Waals surface area contributed by atoms with Crippen LogP contribution in [0.25, 0.3) is 0 Å². The topological polar surface area (TPSA) is 25.6 Å². The third-order valence-corrected chi connectivity index (χ3v) is 4.38. The normalized spacial score (nSPS) is 23.3. The van der Waals surface area contributed by atoms with Crippen LogP contribution in [0, 0.1) is 5.92 Å². The number of methoxy groups -OCH3 is 1. The Kier molecular flexibility index (Phi) is 4.73. The number of benzene rings is 1. The van der Waals surface area contributed by atoms with E-state index in [0.717, 1.165) is 32.5 Å². The highest BCUT2D eigenvalue weighted by molar-refractivity contribution is 5.16. The minimum Gasteiger partial charge on any atom is -0.472 e. The van der Waals surface area contributed by atoms with Gasteiger partial charge in [-0.05, 0) is 24.5 Å². The van der Waals surface area contributed by atoms with Crippen LogP contribution in [0.3, 0.4) is 0 Å². The summed E-state index contributed by atoms with van der Waals surface area (Å²) in [6.45, 7) is 3.14. The maximum atomic E-state index is 5.71. The van der Waals surface area contributed by atoms with Crippen molar-refractivity contribution in [1.29, 1.82) is 0 Å². The fourth-order valence-corrected chi connectivity index (χ4v) is 3.29. The lowest BCUT2D eigenvalue weighted by atomic mass is 9.88. The van der Waals surface area contributed by atoms with Gasteiger partial charge in [-0.1, -0.05) is 30.3 Å². The summed E-state index contributed by atoms with van der Waals surface area (Å²) in [6, 6.07) is 12.8. The third kappa shape index (κ3) is 3.74. The fourth-order valence-electron chi connectivity index (χ4n) is 3.29. The molecule has 21 heavy (non-hydrogen) atoms. The van der Waals surface area contributed by atoms with E-state index in [-0.39, 0.29) is 0 Å². The van der Waals surface area contributed by atoms with E-state index in [2.05, 4.69) is 41.3 Å². The van der Waals surface area contributed by atoms with E-state index in [4.69, 9.17) is 9.15 Å². The van der Waals surface area contributed by atoms with E-state index in [9.17, 15) is 0 Å². The second kappa shape index (κ2) is 6.92. The largest absolute Gasteiger partial charge is 0.472 e. The molecule has 1 aliphatic heterocycles. The molecule has 1 aromatic heterocycles. The molecular weight excluding hydrogens is 262 g/mol. The standard InChI is InChI=1S/C18H23NO2/c1-20-18-7-9-19(12-16-8-10-21-14-16)13-17(18)11-15-5-3-2-4-6-15/h2-6,8,10,14,17-18H,7,9,11-13H2,1H3/t17-,18+/m0/s1. The molecule has 1 aliphatic rings. The molecular formula is C18H23NO2. The average Bonchev–Trinajstić information content (AvgIpc) is 3.02.